The lowest BCUT2D eigenvalue weighted by molar-refractivity contribution is -0.161. The van der Waals surface area contributed by atoms with Gasteiger partial charge in [-0.2, -0.15) is 0 Å². The van der Waals surface area contributed by atoms with Gasteiger partial charge in [0.2, 0.25) is 0 Å². The monoisotopic (exact) mass is 259 g/mol. The van der Waals surface area contributed by atoms with Crippen molar-refractivity contribution >= 4 is 5.91 Å². The summed E-state index contributed by atoms with van der Waals surface area (Å²) in [5, 5.41) is 37.2. The number of aromatic nitrogens is 2. The first-order valence-electron chi connectivity index (χ1n) is 5.14. The highest BCUT2D eigenvalue weighted by molar-refractivity contribution is 5.90. The lowest BCUT2D eigenvalue weighted by atomic mass is 10.1. The van der Waals surface area contributed by atoms with Gasteiger partial charge in [0.1, 0.15) is 35.9 Å². The predicted octanol–water partition coefficient (Wildman–Crippen LogP) is -3.02. The van der Waals surface area contributed by atoms with Crippen molar-refractivity contribution in [3.63, 3.8) is 0 Å². The lowest BCUT2D eigenvalue weighted by Gasteiger charge is -2.15. The predicted molar refractivity (Wildman–Crippen MR) is 55.0 cm³/mol. The van der Waals surface area contributed by atoms with E-state index in [2.05, 4.69) is 9.97 Å². The molecular weight excluding hydrogens is 246 g/mol. The second-order valence-electron chi connectivity index (χ2n) is 3.96. The van der Waals surface area contributed by atoms with E-state index in [1.165, 1.54) is 0 Å². The number of nitrogens with one attached hydrogen (secondary N) is 1. The molecule has 0 aliphatic carbocycles. The first kappa shape index (κ1) is 12.9. The molecule has 1 aromatic rings. The van der Waals surface area contributed by atoms with E-state index in [1.54, 1.807) is 0 Å². The Balaban J connectivity index is 2.20. The molecule has 2 rings (SSSR count). The molecule has 0 saturated carbocycles. The van der Waals surface area contributed by atoms with Gasteiger partial charge in [0.15, 0.2) is 6.29 Å². The molecule has 2 heterocycles. The van der Waals surface area contributed by atoms with Gasteiger partial charge in [0.05, 0.1) is 6.20 Å². The third-order valence-corrected chi connectivity index (χ3v) is 2.72. The summed E-state index contributed by atoms with van der Waals surface area (Å²) in [5.41, 5.74) is 5.04. The van der Waals surface area contributed by atoms with Crippen LogP contribution in [0.3, 0.4) is 0 Å². The molecule has 1 saturated heterocycles. The van der Waals surface area contributed by atoms with Crippen molar-refractivity contribution in [2.75, 3.05) is 0 Å². The minimum absolute atomic E-state index is 0.0169. The highest BCUT2D eigenvalue weighted by Gasteiger charge is 2.47. The number of imidazole rings is 1. The van der Waals surface area contributed by atoms with E-state index in [-0.39, 0.29) is 11.5 Å². The van der Waals surface area contributed by atoms with Crippen molar-refractivity contribution in [1.29, 1.82) is 0 Å². The normalized spacial score (nSPS) is 32.1. The van der Waals surface area contributed by atoms with Gasteiger partial charge in [-0.1, -0.05) is 0 Å². The Morgan fingerprint density at radius 3 is 2.56 bits per heavy atom. The quantitative estimate of drug-likeness (QED) is 0.315. The number of carbonyl (C=O) groups excluding carboxylic acids is 1. The third kappa shape index (κ3) is 2.09. The molecule has 1 aliphatic heterocycles. The molecule has 1 fully saturated rings. The Hall–Kier alpha value is -1.52. The van der Waals surface area contributed by atoms with Crippen LogP contribution in [0, 0.1) is 0 Å². The van der Waals surface area contributed by atoms with Gasteiger partial charge in [-0.25, -0.2) is 4.98 Å². The van der Waals surface area contributed by atoms with Crippen LogP contribution in [0.1, 0.15) is 22.4 Å². The number of amides is 1. The summed E-state index contributed by atoms with van der Waals surface area (Å²) >= 11 is 0. The number of hydrogen-bond acceptors (Lipinski definition) is 7. The van der Waals surface area contributed by atoms with Gasteiger partial charge in [0.25, 0.3) is 5.91 Å². The number of ether oxygens (including phenoxy) is 1. The number of primary amides is 1. The van der Waals surface area contributed by atoms with Gasteiger partial charge in [-0.3, -0.25) is 4.79 Å². The van der Waals surface area contributed by atoms with Crippen molar-refractivity contribution in [2.45, 2.75) is 30.7 Å². The van der Waals surface area contributed by atoms with Crippen LogP contribution in [0.5, 0.6) is 0 Å². The number of hydrogen-bond donors (Lipinski definition) is 6. The summed E-state index contributed by atoms with van der Waals surface area (Å²) < 4.78 is 5.08. The van der Waals surface area contributed by atoms with E-state index in [4.69, 9.17) is 20.7 Å². The molecule has 7 N–H and O–H groups in total. The van der Waals surface area contributed by atoms with Gasteiger partial charge in [-0.15, -0.1) is 0 Å². The van der Waals surface area contributed by atoms with Crippen LogP contribution >= 0.6 is 0 Å². The zero-order valence-electron chi connectivity index (χ0n) is 9.09. The lowest BCUT2D eigenvalue weighted by Crippen LogP contribution is -2.38. The second-order valence-corrected chi connectivity index (χ2v) is 3.96. The second kappa shape index (κ2) is 4.63. The van der Waals surface area contributed by atoms with Gasteiger partial charge in [-0.05, 0) is 0 Å². The summed E-state index contributed by atoms with van der Waals surface area (Å²) in [6.07, 6.45) is -6.11. The summed E-state index contributed by atoms with van der Waals surface area (Å²) in [6.45, 7) is 0. The van der Waals surface area contributed by atoms with Gasteiger partial charge >= 0.3 is 0 Å². The topological polar surface area (TPSA) is 162 Å². The maximum Gasteiger partial charge on any atom is 0.266 e. The number of aromatic amines is 1. The van der Waals surface area contributed by atoms with E-state index in [0.717, 1.165) is 6.20 Å². The summed E-state index contributed by atoms with van der Waals surface area (Å²) in [7, 11) is 0. The van der Waals surface area contributed by atoms with Crippen LogP contribution in [-0.2, 0) is 4.74 Å². The van der Waals surface area contributed by atoms with Crippen molar-refractivity contribution in [1.82, 2.24) is 9.97 Å². The average molecular weight is 259 g/mol. The molecule has 9 nitrogen and oxygen atoms in total. The largest absolute Gasteiger partial charge is 0.387 e. The maximum absolute atomic E-state index is 10.9. The summed E-state index contributed by atoms with van der Waals surface area (Å²) in [5.74, 6) is -0.668. The Labute approximate surface area is 101 Å². The maximum atomic E-state index is 10.9. The fourth-order valence-electron chi connectivity index (χ4n) is 1.78. The summed E-state index contributed by atoms with van der Waals surface area (Å²) in [4.78, 5) is 17.2. The Kier molecular flexibility index (Phi) is 3.32. The SMILES string of the molecule is NC(=O)c1cnc([C@@H]2O[C@H](C(O)O)[C@@H](O)[C@H]2O)[nH]1. The molecule has 9 heteroatoms. The summed E-state index contributed by atoms with van der Waals surface area (Å²) in [6, 6.07) is 0. The molecule has 18 heavy (non-hydrogen) atoms. The fraction of sp³-hybridized carbons (Fsp3) is 0.556. The van der Waals surface area contributed by atoms with E-state index < -0.39 is 36.6 Å². The highest BCUT2D eigenvalue weighted by atomic mass is 16.6. The van der Waals surface area contributed by atoms with Crippen LogP contribution in [0.4, 0.5) is 0 Å². The number of nitrogens with two attached hydrogens (primary N) is 1. The highest BCUT2D eigenvalue weighted by Crippen LogP contribution is 2.33. The van der Waals surface area contributed by atoms with E-state index in [1.807, 2.05) is 0 Å². The zero-order valence-corrected chi connectivity index (χ0v) is 9.09. The molecule has 0 bridgehead atoms. The molecule has 0 unspecified atom stereocenters. The molecular formula is C9H13N3O6. The molecule has 100 valence electrons. The van der Waals surface area contributed by atoms with Crippen molar-refractivity contribution < 1.29 is 30.0 Å². The van der Waals surface area contributed by atoms with Crippen molar-refractivity contribution in [2.24, 2.45) is 5.73 Å². The van der Waals surface area contributed by atoms with E-state index >= 15 is 0 Å². The average Bonchev–Trinajstić information content (AvgIpc) is 2.86. The van der Waals surface area contributed by atoms with Crippen molar-refractivity contribution in [3.05, 3.63) is 17.7 Å². The first-order valence-corrected chi connectivity index (χ1v) is 5.14. The fourth-order valence-corrected chi connectivity index (χ4v) is 1.78. The molecule has 0 aromatic carbocycles. The minimum Gasteiger partial charge on any atom is -0.387 e. The van der Waals surface area contributed by atoms with Gasteiger partial charge < -0.3 is 35.9 Å². The number of carbonyl (C=O) groups is 1. The molecule has 0 radical (unpaired) electrons. The zero-order chi connectivity index (χ0) is 13.4. The standard InChI is InChI=1S/C9H13N3O6/c10-7(15)2-1-11-8(12-2)5-3(13)4(14)6(18-5)9(16)17/h1,3-6,9,13-14,16-17H,(H2,10,15)(H,11,12)/t3-,4+,5-,6+/m1/s1. The molecule has 1 aliphatic rings. The van der Waals surface area contributed by atoms with Crippen LogP contribution in [0.25, 0.3) is 0 Å². The number of aliphatic hydroxyl groups is 4. The Bertz CT molecular complexity index is 447. The third-order valence-electron chi connectivity index (χ3n) is 2.72. The molecule has 0 spiro atoms. The minimum atomic E-state index is -1.94. The van der Waals surface area contributed by atoms with Crippen LogP contribution in [-0.4, -0.2) is 60.9 Å². The molecule has 1 aromatic heterocycles. The molecule has 1 amide bonds. The number of rotatable bonds is 3. The van der Waals surface area contributed by atoms with E-state index in [0.29, 0.717) is 0 Å². The van der Waals surface area contributed by atoms with E-state index in [9.17, 15) is 15.0 Å². The van der Waals surface area contributed by atoms with Crippen LogP contribution in [0.15, 0.2) is 6.20 Å². The first-order chi connectivity index (χ1) is 8.41. The van der Waals surface area contributed by atoms with Crippen LogP contribution in [0.2, 0.25) is 0 Å². The number of aliphatic hydroxyl groups excluding tert-OH is 3. The smallest absolute Gasteiger partial charge is 0.266 e. The van der Waals surface area contributed by atoms with Crippen LogP contribution < -0.4 is 5.73 Å². The number of H-pyrrole nitrogens is 1. The Morgan fingerprint density at radius 2 is 2.11 bits per heavy atom. The Morgan fingerprint density at radius 1 is 1.44 bits per heavy atom. The van der Waals surface area contributed by atoms with Gasteiger partial charge in [0, 0.05) is 0 Å². The number of nitrogens with zero attached hydrogens (tertiary/aromatic N) is 1. The van der Waals surface area contributed by atoms with Crippen molar-refractivity contribution in [3.8, 4) is 0 Å². The molecule has 4 atom stereocenters.